The largest absolute Gasteiger partial charge is 0.437 e. The summed E-state index contributed by atoms with van der Waals surface area (Å²) in [6.07, 6.45) is 0. The minimum Gasteiger partial charge on any atom is -0.437 e. The molecule has 0 aliphatic rings. The molecule has 4 heteroatoms. The van der Waals surface area contributed by atoms with Crippen molar-refractivity contribution < 1.29 is 4.42 Å². The van der Waals surface area contributed by atoms with Gasteiger partial charge in [0.1, 0.15) is 9.28 Å². The van der Waals surface area contributed by atoms with Crippen LogP contribution in [0.4, 0.5) is 0 Å². The molecule has 0 bridgehead atoms. The van der Waals surface area contributed by atoms with Crippen molar-refractivity contribution in [2.75, 3.05) is 0 Å². The summed E-state index contributed by atoms with van der Waals surface area (Å²) in [5, 5.41) is 1.15. The first-order valence-electron chi connectivity index (χ1n) is 6.40. The molecule has 3 aromatic rings. The number of aromatic nitrogens is 1. The van der Waals surface area contributed by atoms with Crippen LogP contribution in [-0.2, 0) is 5.41 Å². The predicted molar refractivity (Wildman–Crippen MR) is 89.2 cm³/mol. The second-order valence-corrected chi connectivity index (χ2v) is 6.98. The number of halogens is 1. The van der Waals surface area contributed by atoms with Crippen LogP contribution >= 0.6 is 22.6 Å². The fourth-order valence-corrected chi connectivity index (χ4v) is 2.58. The number of hydrogen-bond donors (Lipinski definition) is 0. The summed E-state index contributed by atoms with van der Waals surface area (Å²) < 4.78 is 6.57. The molecule has 0 saturated heterocycles. The summed E-state index contributed by atoms with van der Waals surface area (Å²) >= 11 is 2.11. The second kappa shape index (κ2) is 4.55. The summed E-state index contributed by atoms with van der Waals surface area (Å²) in [6.45, 7) is 6.38. The van der Waals surface area contributed by atoms with Crippen molar-refractivity contribution in [3.05, 3.63) is 49.8 Å². The molecule has 0 N–H and O–H groups in total. The van der Waals surface area contributed by atoms with Crippen molar-refractivity contribution in [2.45, 2.75) is 26.2 Å². The number of hydrogen-bond acceptors (Lipinski definition) is 3. The molecule has 0 unspecified atom stereocenters. The zero-order valence-electron chi connectivity index (χ0n) is 11.5. The lowest BCUT2D eigenvalue weighted by Gasteiger charge is -2.19. The highest BCUT2D eigenvalue weighted by atomic mass is 127. The Labute approximate surface area is 130 Å². The standard InChI is InChI=1S/C16H14INO2/c1-16(2,3)9-4-6-12-11(8-9)14(19)10-5-7-13(17)18-15(10)20-12/h4-8H,1-3H3. The minimum atomic E-state index is -0.0174. The van der Waals surface area contributed by atoms with Crippen LogP contribution in [0.1, 0.15) is 26.3 Å². The van der Waals surface area contributed by atoms with E-state index in [1.807, 2.05) is 24.3 Å². The first-order chi connectivity index (χ1) is 9.36. The maximum absolute atomic E-state index is 12.6. The Morgan fingerprint density at radius 2 is 1.85 bits per heavy atom. The summed E-state index contributed by atoms with van der Waals surface area (Å²) in [5.74, 6) is 0. The van der Waals surface area contributed by atoms with Crippen LogP contribution in [0, 0.1) is 3.70 Å². The Balaban J connectivity index is 2.42. The van der Waals surface area contributed by atoms with Gasteiger partial charge in [0, 0.05) is 0 Å². The quantitative estimate of drug-likeness (QED) is 0.333. The van der Waals surface area contributed by atoms with E-state index in [-0.39, 0.29) is 10.8 Å². The van der Waals surface area contributed by atoms with Gasteiger partial charge in [-0.25, -0.2) is 4.98 Å². The normalized spacial score (nSPS) is 12.2. The number of benzene rings is 1. The Hall–Kier alpha value is -1.43. The van der Waals surface area contributed by atoms with Crippen LogP contribution < -0.4 is 5.43 Å². The molecule has 0 spiro atoms. The molecule has 2 aromatic heterocycles. The van der Waals surface area contributed by atoms with Gasteiger partial charge in [-0.1, -0.05) is 26.8 Å². The second-order valence-electron chi connectivity index (χ2n) is 5.88. The number of rotatable bonds is 0. The number of nitrogens with zero attached hydrogens (tertiary/aromatic N) is 1. The smallest absolute Gasteiger partial charge is 0.231 e. The first-order valence-corrected chi connectivity index (χ1v) is 7.48. The molecule has 3 nitrogen and oxygen atoms in total. The molecule has 0 saturated carbocycles. The van der Waals surface area contributed by atoms with Crippen LogP contribution in [0.3, 0.4) is 0 Å². The highest BCUT2D eigenvalue weighted by Crippen LogP contribution is 2.26. The Morgan fingerprint density at radius 3 is 2.55 bits per heavy atom. The van der Waals surface area contributed by atoms with Gasteiger partial charge in [-0.3, -0.25) is 4.79 Å². The summed E-state index contributed by atoms with van der Waals surface area (Å²) in [5.41, 5.74) is 2.09. The molecule has 2 heterocycles. The molecule has 0 aliphatic heterocycles. The van der Waals surface area contributed by atoms with Crippen LogP contribution in [0.2, 0.25) is 0 Å². The zero-order chi connectivity index (χ0) is 14.5. The van der Waals surface area contributed by atoms with Gasteiger partial charge in [0.05, 0.1) is 10.8 Å². The highest BCUT2D eigenvalue weighted by molar-refractivity contribution is 14.1. The van der Waals surface area contributed by atoms with E-state index in [9.17, 15) is 4.79 Å². The van der Waals surface area contributed by atoms with Crippen LogP contribution in [0.25, 0.3) is 22.1 Å². The highest BCUT2D eigenvalue weighted by Gasteiger charge is 2.16. The van der Waals surface area contributed by atoms with E-state index in [0.29, 0.717) is 22.1 Å². The molecule has 3 rings (SSSR count). The van der Waals surface area contributed by atoms with Gasteiger partial charge in [-0.15, -0.1) is 0 Å². The zero-order valence-corrected chi connectivity index (χ0v) is 13.7. The topological polar surface area (TPSA) is 43.1 Å². The molecule has 0 atom stereocenters. The molecular formula is C16H14INO2. The average Bonchev–Trinajstić information content (AvgIpc) is 2.37. The lowest BCUT2D eigenvalue weighted by Crippen LogP contribution is -2.12. The van der Waals surface area contributed by atoms with Gasteiger partial charge in [0.25, 0.3) is 0 Å². The van der Waals surface area contributed by atoms with Crippen molar-refractivity contribution in [1.82, 2.24) is 4.98 Å². The van der Waals surface area contributed by atoms with Crippen molar-refractivity contribution >= 4 is 44.7 Å². The van der Waals surface area contributed by atoms with Gasteiger partial charge >= 0.3 is 0 Å². The fourth-order valence-electron chi connectivity index (χ4n) is 2.18. The molecule has 0 aliphatic carbocycles. The molecule has 20 heavy (non-hydrogen) atoms. The van der Waals surface area contributed by atoms with E-state index in [2.05, 4.69) is 48.3 Å². The Bertz CT molecular complexity index is 875. The molecule has 0 amide bonds. The van der Waals surface area contributed by atoms with E-state index in [0.717, 1.165) is 9.26 Å². The van der Waals surface area contributed by atoms with Gasteiger partial charge in [-0.05, 0) is 57.8 Å². The third-order valence-electron chi connectivity index (χ3n) is 3.37. The van der Waals surface area contributed by atoms with Crippen LogP contribution in [0.15, 0.2) is 39.5 Å². The summed E-state index contributed by atoms with van der Waals surface area (Å²) in [7, 11) is 0. The van der Waals surface area contributed by atoms with Crippen molar-refractivity contribution in [3.8, 4) is 0 Å². The van der Waals surface area contributed by atoms with Gasteiger partial charge in [-0.2, -0.15) is 0 Å². The lowest BCUT2D eigenvalue weighted by atomic mass is 9.86. The maximum Gasteiger partial charge on any atom is 0.231 e. The Kier molecular flexibility index (Phi) is 3.08. The van der Waals surface area contributed by atoms with Gasteiger partial charge < -0.3 is 4.42 Å². The minimum absolute atomic E-state index is 0.0000957. The van der Waals surface area contributed by atoms with Crippen molar-refractivity contribution in [3.63, 3.8) is 0 Å². The fraction of sp³-hybridized carbons (Fsp3) is 0.250. The van der Waals surface area contributed by atoms with Crippen LogP contribution in [0.5, 0.6) is 0 Å². The van der Waals surface area contributed by atoms with Gasteiger partial charge in [0.2, 0.25) is 11.1 Å². The van der Waals surface area contributed by atoms with Crippen molar-refractivity contribution in [1.29, 1.82) is 0 Å². The molecule has 102 valence electrons. The lowest BCUT2D eigenvalue weighted by molar-refractivity contribution is 0.589. The summed E-state index contributed by atoms with van der Waals surface area (Å²) in [4.78, 5) is 16.9. The Morgan fingerprint density at radius 1 is 1.10 bits per heavy atom. The van der Waals surface area contributed by atoms with E-state index in [1.54, 1.807) is 6.07 Å². The predicted octanol–water partition coefficient (Wildman–Crippen LogP) is 4.24. The molecule has 0 radical (unpaired) electrons. The van der Waals surface area contributed by atoms with Crippen molar-refractivity contribution in [2.24, 2.45) is 0 Å². The van der Waals surface area contributed by atoms with E-state index in [1.165, 1.54) is 0 Å². The maximum atomic E-state index is 12.6. The van der Waals surface area contributed by atoms with E-state index < -0.39 is 0 Å². The first kappa shape index (κ1) is 13.5. The molecule has 1 aromatic carbocycles. The third-order valence-corrected chi connectivity index (χ3v) is 3.97. The van der Waals surface area contributed by atoms with E-state index in [4.69, 9.17) is 4.42 Å². The van der Waals surface area contributed by atoms with E-state index >= 15 is 0 Å². The monoisotopic (exact) mass is 379 g/mol. The molecular weight excluding hydrogens is 365 g/mol. The summed E-state index contributed by atoms with van der Waals surface area (Å²) in [6, 6.07) is 9.39. The number of fused-ring (bicyclic) bond motifs is 2. The SMILES string of the molecule is CC(C)(C)c1ccc2oc3nc(I)ccc3c(=O)c2c1. The third kappa shape index (κ3) is 2.22. The molecule has 0 fully saturated rings. The van der Waals surface area contributed by atoms with Gasteiger partial charge in [0.15, 0.2) is 0 Å². The van der Waals surface area contributed by atoms with Crippen LogP contribution in [-0.4, -0.2) is 4.98 Å². The average molecular weight is 379 g/mol. The number of pyridine rings is 1.